The van der Waals surface area contributed by atoms with E-state index in [4.69, 9.17) is 4.42 Å². The van der Waals surface area contributed by atoms with E-state index in [0.29, 0.717) is 5.56 Å². The van der Waals surface area contributed by atoms with Gasteiger partial charge in [0.25, 0.3) is 0 Å². The number of pyridine rings is 1. The third-order valence-electron chi connectivity index (χ3n) is 6.25. The molecule has 3 aromatic carbocycles. The van der Waals surface area contributed by atoms with Crippen LogP contribution in [0.3, 0.4) is 0 Å². The van der Waals surface area contributed by atoms with Crippen LogP contribution in [0.1, 0.15) is 36.5 Å². The van der Waals surface area contributed by atoms with Crippen LogP contribution in [0.15, 0.2) is 77.3 Å². The molecule has 32 heavy (non-hydrogen) atoms. The van der Waals surface area contributed by atoms with E-state index < -0.39 is 0 Å². The first kappa shape index (κ1) is 20.0. The number of aromatic nitrogens is 1. The van der Waals surface area contributed by atoms with Crippen LogP contribution in [0.2, 0.25) is 0 Å². The molecule has 0 bridgehead atoms. The zero-order valence-corrected chi connectivity index (χ0v) is 18.8. The Bertz CT molecular complexity index is 1520. The summed E-state index contributed by atoms with van der Waals surface area (Å²) >= 11 is 0. The van der Waals surface area contributed by atoms with Crippen molar-refractivity contribution >= 4 is 21.9 Å². The highest BCUT2D eigenvalue weighted by Gasteiger charge is 2.25. The number of furan rings is 1. The zero-order valence-electron chi connectivity index (χ0n) is 18.8. The molecule has 0 aliphatic heterocycles. The lowest BCUT2D eigenvalue weighted by molar-refractivity contribution is -0.660. The summed E-state index contributed by atoms with van der Waals surface area (Å²) in [6.45, 7) is 6.45. The molecule has 0 aliphatic rings. The van der Waals surface area contributed by atoms with Crippen LogP contribution in [0.5, 0.6) is 0 Å². The fourth-order valence-electron chi connectivity index (χ4n) is 4.75. The molecule has 156 valence electrons. The maximum Gasteiger partial charge on any atom is 0.216 e. The minimum Gasteiger partial charge on any atom is -0.455 e. The van der Waals surface area contributed by atoms with Crippen molar-refractivity contribution in [2.45, 2.75) is 26.7 Å². The Balaban J connectivity index is 1.96. The van der Waals surface area contributed by atoms with Crippen LogP contribution in [-0.2, 0) is 7.05 Å². The van der Waals surface area contributed by atoms with Gasteiger partial charge in [0, 0.05) is 34.0 Å². The summed E-state index contributed by atoms with van der Waals surface area (Å²) in [7, 11) is 2.05. The Morgan fingerprint density at radius 1 is 0.875 bits per heavy atom. The SMILES string of the molecule is Cc1ccc2c(oc3c(C(C)C)c(-c4ccccc4)c(C#N)cc32)c1-c1cccc[n+]1C. The van der Waals surface area contributed by atoms with Crippen molar-refractivity contribution in [1.29, 1.82) is 5.26 Å². The van der Waals surface area contributed by atoms with Crippen molar-refractivity contribution < 1.29 is 8.98 Å². The van der Waals surface area contributed by atoms with Gasteiger partial charge < -0.3 is 4.42 Å². The number of rotatable bonds is 3. The standard InChI is InChI=1S/C29H25N2O/c1-18(2)25-27(20-10-6-5-7-11-20)21(17-30)16-23-22-14-13-19(3)26(28(22)32-29(23)25)24-12-8-9-15-31(24)4/h5-16,18H,1-4H3/q+1. The van der Waals surface area contributed by atoms with Gasteiger partial charge in [-0.1, -0.05) is 56.3 Å². The van der Waals surface area contributed by atoms with E-state index in [1.807, 2.05) is 30.3 Å². The van der Waals surface area contributed by atoms with Gasteiger partial charge in [-0.15, -0.1) is 0 Å². The van der Waals surface area contributed by atoms with E-state index >= 15 is 0 Å². The smallest absolute Gasteiger partial charge is 0.216 e. The largest absolute Gasteiger partial charge is 0.455 e. The molecule has 0 unspecified atom stereocenters. The van der Waals surface area contributed by atoms with Crippen molar-refractivity contribution in [3.8, 4) is 28.5 Å². The first-order valence-corrected chi connectivity index (χ1v) is 10.9. The highest BCUT2D eigenvalue weighted by atomic mass is 16.3. The summed E-state index contributed by atoms with van der Waals surface area (Å²) in [4.78, 5) is 0. The maximum absolute atomic E-state index is 10.1. The Morgan fingerprint density at radius 3 is 2.31 bits per heavy atom. The first-order valence-electron chi connectivity index (χ1n) is 10.9. The lowest BCUT2D eigenvalue weighted by Gasteiger charge is -2.15. The predicted octanol–water partition coefficient (Wildman–Crippen LogP) is 7.05. The number of nitriles is 1. The van der Waals surface area contributed by atoms with Crippen molar-refractivity contribution in [2.75, 3.05) is 0 Å². The Kier molecular flexibility index (Phi) is 4.79. The van der Waals surface area contributed by atoms with E-state index in [-0.39, 0.29) is 5.92 Å². The van der Waals surface area contributed by atoms with Crippen molar-refractivity contribution in [3.63, 3.8) is 0 Å². The van der Waals surface area contributed by atoms with Crippen molar-refractivity contribution in [2.24, 2.45) is 7.05 Å². The summed E-state index contributed by atoms with van der Waals surface area (Å²) in [5, 5.41) is 12.1. The number of aryl methyl sites for hydroxylation is 2. The molecule has 0 N–H and O–H groups in total. The van der Waals surface area contributed by atoms with Gasteiger partial charge in [-0.3, -0.25) is 0 Å². The zero-order chi connectivity index (χ0) is 22.4. The molecule has 0 saturated carbocycles. The number of benzene rings is 3. The molecule has 2 aromatic heterocycles. The number of nitrogens with zero attached hydrogens (tertiary/aromatic N) is 2. The lowest BCUT2D eigenvalue weighted by Crippen LogP contribution is -2.30. The molecular weight excluding hydrogens is 392 g/mol. The molecule has 3 heteroatoms. The first-order chi connectivity index (χ1) is 15.5. The van der Waals surface area contributed by atoms with Crippen LogP contribution in [0, 0.1) is 18.3 Å². The van der Waals surface area contributed by atoms with Crippen LogP contribution < -0.4 is 4.57 Å². The van der Waals surface area contributed by atoms with Crippen LogP contribution in [0.4, 0.5) is 0 Å². The lowest BCUT2D eigenvalue weighted by atomic mass is 9.87. The molecule has 0 radical (unpaired) electrons. The van der Waals surface area contributed by atoms with Gasteiger partial charge >= 0.3 is 0 Å². The van der Waals surface area contributed by atoms with Gasteiger partial charge in [-0.25, -0.2) is 4.57 Å². The average molecular weight is 418 g/mol. The fourth-order valence-corrected chi connectivity index (χ4v) is 4.75. The van der Waals surface area contributed by atoms with E-state index in [1.165, 1.54) is 0 Å². The van der Waals surface area contributed by atoms with E-state index in [1.54, 1.807) is 0 Å². The second-order valence-corrected chi connectivity index (χ2v) is 8.66. The normalized spacial score (nSPS) is 11.4. The summed E-state index contributed by atoms with van der Waals surface area (Å²) in [5.74, 6) is 0.193. The Hall–Kier alpha value is -3.90. The maximum atomic E-state index is 10.1. The van der Waals surface area contributed by atoms with Crippen LogP contribution >= 0.6 is 0 Å². The third-order valence-corrected chi connectivity index (χ3v) is 6.25. The Morgan fingerprint density at radius 2 is 1.62 bits per heavy atom. The molecule has 0 spiro atoms. The number of hydrogen-bond acceptors (Lipinski definition) is 2. The monoisotopic (exact) mass is 417 g/mol. The molecule has 0 saturated heterocycles. The minimum absolute atomic E-state index is 0.193. The van der Waals surface area contributed by atoms with Gasteiger partial charge in [0.1, 0.15) is 18.2 Å². The van der Waals surface area contributed by atoms with Crippen LogP contribution in [0.25, 0.3) is 44.3 Å². The molecular formula is C29H25N2O+. The molecule has 3 nitrogen and oxygen atoms in total. The quantitative estimate of drug-likeness (QED) is 0.295. The molecule has 2 heterocycles. The predicted molar refractivity (Wildman–Crippen MR) is 129 cm³/mol. The number of fused-ring (bicyclic) bond motifs is 3. The molecule has 0 aliphatic carbocycles. The molecule has 0 fully saturated rings. The van der Waals surface area contributed by atoms with Gasteiger partial charge in [-0.05, 0) is 36.1 Å². The van der Waals surface area contributed by atoms with Gasteiger partial charge in [-0.2, -0.15) is 5.26 Å². The van der Waals surface area contributed by atoms with Crippen molar-refractivity contribution in [3.05, 3.63) is 89.6 Å². The van der Waals surface area contributed by atoms with Crippen molar-refractivity contribution in [1.82, 2.24) is 0 Å². The second-order valence-electron chi connectivity index (χ2n) is 8.66. The molecule has 5 aromatic rings. The second kappa shape index (κ2) is 7.66. The summed E-state index contributed by atoms with van der Waals surface area (Å²) < 4.78 is 8.82. The molecule has 0 atom stereocenters. The minimum atomic E-state index is 0.193. The summed E-state index contributed by atoms with van der Waals surface area (Å²) in [6.07, 6.45) is 2.05. The average Bonchev–Trinajstić information content (AvgIpc) is 3.16. The highest BCUT2D eigenvalue weighted by molar-refractivity contribution is 6.12. The van der Waals surface area contributed by atoms with Gasteiger partial charge in [0.15, 0.2) is 6.20 Å². The van der Waals surface area contributed by atoms with E-state index in [9.17, 15) is 5.26 Å². The highest BCUT2D eigenvalue weighted by Crippen LogP contribution is 2.44. The Labute approximate surface area is 188 Å². The van der Waals surface area contributed by atoms with E-state index in [0.717, 1.165) is 55.4 Å². The summed E-state index contributed by atoms with van der Waals surface area (Å²) in [5.41, 5.74) is 8.88. The van der Waals surface area contributed by atoms with Gasteiger partial charge in [0.05, 0.1) is 17.2 Å². The van der Waals surface area contributed by atoms with Crippen LogP contribution in [-0.4, -0.2) is 0 Å². The van der Waals surface area contributed by atoms with Gasteiger partial charge in [0.2, 0.25) is 5.69 Å². The third kappa shape index (κ3) is 2.99. The summed E-state index contributed by atoms with van der Waals surface area (Å²) in [6, 6.07) is 25.1. The van der Waals surface area contributed by atoms with E-state index in [2.05, 4.69) is 81.1 Å². The fraction of sp³-hybridized carbons (Fsp3) is 0.172. The topological polar surface area (TPSA) is 40.8 Å². The molecule has 0 amide bonds. The molecule has 5 rings (SSSR count). The number of hydrogen-bond donors (Lipinski definition) is 0.